The second-order valence-electron chi connectivity index (χ2n) is 5.23. The zero-order valence-corrected chi connectivity index (χ0v) is 11.7. The van der Waals surface area contributed by atoms with Crippen molar-refractivity contribution < 1.29 is 4.74 Å². The minimum absolute atomic E-state index is 0.128. The minimum Gasteiger partial charge on any atom is -0.374 e. The lowest BCUT2D eigenvalue weighted by atomic mass is 10.0. The molecule has 0 radical (unpaired) electrons. The Hall–Kier alpha value is -1.40. The van der Waals surface area contributed by atoms with Crippen molar-refractivity contribution in [2.45, 2.75) is 51.7 Å². The van der Waals surface area contributed by atoms with E-state index in [4.69, 9.17) is 10.6 Å². The molecule has 0 aromatic carbocycles. The quantitative estimate of drug-likeness (QED) is 0.539. The molecule has 4 N–H and O–H groups in total. The van der Waals surface area contributed by atoms with Gasteiger partial charge < -0.3 is 15.5 Å². The lowest BCUT2D eigenvalue weighted by Gasteiger charge is -2.26. The predicted molar refractivity (Wildman–Crippen MR) is 75.7 cm³/mol. The Labute approximate surface area is 114 Å². The molecular formula is C13H23N5O. The molecular weight excluding hydrogens is 242 g/mol. The maximum absolute atomic E-state index is 5.45. The molecule has 0 unspecified atom stereocenters. The molecule has 0 spiro atoms. The number of rotatable bonds is 6. The van der Waals surface area contributed by atoms with Gasteiger partial charge in [-0.25, -0.2) is 15.8 Å². The molecule has 2 rings (SSSR count). The molecule has 1 saturated carbocycles. The van der Waals surface area contributed by atoms with Crippen LogP contribution in [-0.4, -0.2) is 22.1 Å². The van der Waals surface area contributed by atoms with Crippen molar-refractivity contribution in [2.75, 3.05) is 17.3 Å². The molecule has 19 heavy (non-hydrogen) atoms. The fraction of sp³-hybridized carbons (Fsp3) is 0.692. The van der Waals surface area contributed by atoms with Crippen molar-refractivity contribution in [3.63, 3.8) is 0 Å². The van der Waals surface area contributed by atoms with Crippen LogP contribution >= 0.6 is 0 Å². The number of hydrogen-bond acceptors (Lipinski definition) is 6. The number of nitrogens with one attached hydrogen (secondary N) is 2. The highest BCUT2D eigenvalue weighted by Crippen LogP contribution is 2.32. The number of nitrogens with zero attached hydrogens (tertiary/aromatic N) is 2. The van der Waals surface area contributed by atoms with Crippen LogP contribution in [0.3, 0.4) is 0 Å². The Morgan fingerprint density at radius 2 is 2.00 bits per heavy atom. The molecule has 1 fully saturated rings. The van der Waals surface area contributed by atoms with Gasteiger partial charge in [0.25, 0.3) is 0 Å². The standard InChI is InChI=1S/C13H23N5O/c1-3-19-9-12-15-10(8-11(16-12)18-14)17-13(2)6-4-5-7-13/h8H,3-7,9,14H2,1-2H3,(H2,15,16,17,18). The van der Waals surface area contributed by atoms with Crippen LogP contribution in [0.25, 0.3) is 0 Å². The Kier molecular flexibility index (Phi) is 4.55. The van der Waals surface area contributed by atoms with Crippen LogP contribution in [0, 0.1) is 0 Å². The summed E-state index contributed by atoms with van der Waals surface area (Å²) in [5, 5.41) is 3.51. The van der Waals surface area contributed by atoms with Gasteiger partial charge >= 0.3 is 0 Å². The minimum atomic E-state index is 0.128. The fourth-order valence-corrected chi connectivity index (χ4v) is 2.48. The van der Waals surface area contributed by atoms with Crippen molar-refractivity contribution in [1.29, 1.82) is 0 Å². The average molecular weight is 265 g/mol. The monoisotopic (exact) mass is 265 g/mol. The third-order valence-corrected chi connectivity index (χ3v) is 3.49. The van der Waals surface area contributed by atoms with E-state index in [-0.39, 0.29) is 5.54 Å². The summed E-state index contributed by atoms with van der Waals surface area (Å²) in [6.07, 6.45) is 4.87. The van der Waals surface area contributed by atoms with Gasteiger partial charge in [-0.3, -0.25) is 0 Å². The molecule has 0 amide bonds. The first-order chi connectivity index (χ1) is 9.15. The van der Waals surface area contributed by atoms with Crippen LogP contribution < -0.4 is 16.6 Å². The molecule has 1 aromatic heterocycles. The van der Waals surface area contributed by atoms with E-state index in [1.807, 2.05) is 13.0 Å². The van der Waals surface area contributed by atoms with E-state index in [0.29, 0.717) is 24.9 Å². The molecule has 0 aliphatic heterocycles. The van der Waals surface area contributed by atoms with E-state index in [9.17, 15) is 0 Å². The lowest BCUT2D eigenvalue weighted by Crippen LogP contribution is -2.31. The highest BCUT2D eigenvalue weighted by Gasteiger charge is 2.28. The number of nitrogens with two attached hydrogens (primary N) is 1. The van der Waals surface area contributed by atoms with Crippen LogP contribution in [-0.2, 0) is 11.3 Å². The third-order valence-electron chi connectivity index (χ3n) is 3.49. The number of ether oxygens (including phenoxy) is 1. The second kappa shape index (κ2) is 6.16. The summed E-state index contributed by atoms with van der Waals surface area (Å²) in [6, 6.07) is 1.83. The summed E-state index contributed by atoms with van der Waals surface area (Å²) in [6.45, 7) is 5.23. The number of aromatic nitrogens is 2. The van der Waals surface area contributed by atoms with Gasteiger partial charge in [-0.05, 0) is 26.7 Å². The first kappa shape index (κ1) is 14.0. The molecule has 0 bridgehead atoms. The first-order valence-electron chi connectivity index (χ1n) is 6.86. The van der Waals surface area contributed by atoms with E-state index in [1.54, 1.807) is 0 Å². The Morgan fingerprint density at radius 3 is 2.63 bits per heavy atom. The van der Waals surface area contributed by atoms with Gasteiger partial charge in [0.05, 0.1) is 0 Å². The molecule has 1 aliphatic rings. The normalized spacial score (nSPS) is 17.4. The molecule has 1 heterocycles. The molecule has 0 saturated heterocycles. The van der Waals surface area contributed by atoms with Gasteiger partial charge in [-0.2, -0.15) is 0 Å². The van der Waals surface area contributed by atoms with E-state index in [1.165, 1.54) is 25.7 Å². The highest BCUT2D eigenvalue weighted by atomic mass is 16.5. The molecule has 6 nitrogen and oxygen atoms in total. The van der Waals surface area contributed by atoms with E-state index >= 15 is 0 Å². The number of hydrazine groups is 1. The molecule has 1 aromatic rings. The topological polar surface area (TPSA) is 85.1 Å². The van der Waals surface area contributed by atoms with Gasteiger partial charge in [0.2, 0.25) is 0 Å². The molecule has 1 aliphatic carbocycles. The zero-order valence-electron chi connectivity index (χ0n) is 11.7. The van der Waals surface area contributed by atoms with Crippen molar-refractivity contribution in [2.24, 2.45) is 5.84 Å². The van der Waals surface area contributed by atoms with E-state index in [2.05, 4.69) is 27.6 Å². The third kappa shape index (κ3) is 3.78. The van der Waals surface area contributed by atoms with Gasteiger partial charge in [0.15, 0.2) is 5.82 Å². The average Bonchev–Trinajstić information content (AvgIpc) is 2.82. The zero-order chi connectivity index (χ0) is 13.7. The van der Waals surface area contributed by atoms with Crippen LogP contribution in [0.4, 0.5) is 11.6 Å². The smallest absolute Gasteiger partial charge is 0.158 e. The Bertz CT molecular complexity index is 417. The summed E-state index contributed by atoms with van der Waals surface area (Å²) in [4.78, 5) is 8.76. The lowest BCUT2D eigenvalue weighted by molar-refractivity contribution is 0.128. The van der Waals surface area contributed by atoms with Crippen molar-refractivity contribution in [3.05, 3.63) is 11.9 Å². The number of hydrogen-bond donors (Lipinski definition) is 3. The van der Waals surface area contributed by atoms with Gasteiger partial charge in [-0.15, -0.1) is 0 Å². The SMILES string of the molecule is CCOCc1nc(NN)cc(NC2(C)CCCC2)n1. The summed E-state index contributed by atoms with van der Waals surface area (Å²) in [7, 11) is 0. The van der Waals surface area contributed by atoms with E-state index < -0.39 is 0 Å². The van der Waals surface area contributed by atoms with Crippen molar-refractivity contribution in [3.8, 4) is 0 Å². The molecule has 0 atom stereocenters. The Balaban J connectivity index is 2.14. The summed E-state index contributed by atoms with van der Waals surface area (Å²) in [5.41, 5.74) is 2.70. The number of nitrogen functional groups attached to an aromatic ring is 1. The summed E-state index contributed by atoms with van der Waals surface area (Å²) in [5.74, 6) is 7.50. The van der Waals surface area contributed by atoms with Crippen LogP contribution in [0.2, 0.25) is 0 Å². The second-order valence-corrected chi connectivity index (χ2v) is 5.23. The van der Waals surface area contributed by atoms with Crippen LogP contribution in [0.1, 0.15) is 45.4 Å². The summed E-state index contributed by atoms with van der Waals surface area (Å²) < 4.78 is 5.35. The molecule has 6 heteroatoms. The van der Waals surface area contributed by atoms with Crippen molar-refractivity contribution in [1.82, 2.24) is 9.97 Å². The Morgan fingerprint density at radius 1 is 1.32 bits per heavy atom. The van der Waals surface area contributed by atoms with Gasteiger partial charge in [0, 0.05) is 18.2 Å². The maximum Gasteiger partial charge on any atom is 0.158 e. The van der Waals surface area contributed by atoms with Gasteiger partial charge in [-0.1, -0.05) is 12.8 Å². The van der Waals surface area contributed by atoms with E-state index in [0.717, 1.165) is 5.82 Å². The maximum atomic E-state index is 5.45. The predicted octanol–water partition coefficient (Wildman–Crippen LogP) is 2.04. The van der Waals surface area contributed by atoms with Gasteiger partial charge in [0.1, 0.15) is 18.2 Å². The van der Waals surface area contributed by atoms with Crippen molar-refractivity contribution >= 4 is 11.6 Å². The fourth-order valence-electron chi connectivity index (χ4n) is 2.48. The molecule has 106 valence electrons. The summed E-state index contributed by atoms with van der Waals surface area (Å²) >= 11 is 0. The van der Waals surface area contributed by atoms with Crippen LogP contribution in [0.5, 0.6) is 0 Å². The van der Waals surface area contributed by atoms with Crippen LogP contribution in [0.15, 0.2) is 6.07 Å². The highest BCUT2D eigenvalue weighted by molar-refractivity contribution is 5.48. The number of anilines is 2. The largest absolute Gasteiger partial charge is 0.374 e. The first-order valence-corrected chi connectivity index (χ1v) is 6.86.